The van der Waals surface area contributed by atoms with E-state index in [9.17, 15) is 19.1 Å². The second-order valence-corrected chi connectivity index (χ2v) is 5.23. The van der Waals surface area contributed by atoms with Gasteiger partial charge in [-0.15, -0.1) is 0 Å². The first kappa shape index (κ1) is 15.7. The van der Waals surface area contributed by atoms with E-state index in [1.54, 1.807) is 24.3 Å². The van der Waals surface area contributed by atoms with Crippen LogP contribution < -0.4 is 5.32 Å². The van der Waals surface area contributed by atoms with Crippen LogP contribution in [0.3, 0.4) is 0 Å². The number of benzene rings is 2. The molecule has 0 unspecified atom stereocenters. The predicted octanol–water partition coefficient (Wildman–Crippen LogP) is 2.64. The van der Waals surface area contributed by atoms with Crippen LogP contribution in [-0.4, -0.2) is 22.5 Å². The zero-order chi connectivity index (χ0) is 16.2. The maximum atomic E-state index is 13.6. The Labute approximate surface area is 127 Å². The summed E-state index contributed by atoms with van der Waals surface area (Å²) in [5.74, 6) is -2.62. The highest BCUT2D eigenvalue weighted by Crippen LogP contribution is 2.16. The van der Waals surface area contributed by atoms with Gasteiger partial charge in [0.25, 0.3) is 5.91 Å². The van der Waals surface area contributed by atoms with Crippen molar-refractivity contribution in [3.63, 3.8) is 0 Å². The van der Waals surface area contributed by atoms with Crippen molar-refractivity contribution >= 4 is 11.9 Å². The van der Waals surface area contributed by atoms with Gasteiger partial charge in [0, 0.05) is 6.42 Å². The van der Waals surface area contributed by atoms with Crippen molar-refractivity contribution in [1.82, 2.24) is 5.32 Å². The van der Waals surface area contributed by atoms with E-state index >= 15 is 0 Å². The molecule has 1 atom stereocenters. The third kappa shape index (κ3) is 3.49. The van der Waals surface area contributed by atoms with Gasteiger partial charge in [0.05, 0.1) is 5.56 Å². The lowest BCUT2D eigenvalue weighted by atomic mass is 9.92. The van der Waals surface area contributed by atoms with Gasteiger partial charge < -0.3 is 10.4 Å². The van der Waals surface area contributed by atoms with Crippen molar-refractivity contribution in [2.24, 2.45) is 0 Å². The van der Waals surface area contributed by atoms with Gasteiger partial charge in [-0.25, -0.2) is 9.18 Å². The molecule has 2 N–H and O–H groups in total. The molecule has 0 fully saturated rings. The van der Waals surface area contributed by atoms with Crippen LogP contribution in [0, 0.1) is 5.82 Å². The number of carboxylic acid groups (broad SMARTS) is 1. The summed E-state index contributed by atoms with van der Waals surface area (Å²) >= 11 is 0. The topological polar surface area (TPSA) is 66.4 Å². The third-order valence-corrected chi connectivity index (χ3v) is 3.38. The van der Waals surface area contributed by atoms with E-state index in [0.717, 1.165) is 11.6 Å². The van der Waals surface area contributed by atoms with E-state index in [4.69, 9.17) is 0 Å². The number of hydrogen-bond acceptors (Lipinski definition) is 2. The standard InChI is InChI=1S/C17H16FNO3/c1-17(16(21)22,11-12-7-3-2-4-8-12)19-15(20)13-9-5-6-10-14(13)18/h2-10H,11H2,1H3,(H,19,20)(H,21,22)/t17-/m1/s1. The summed E-state index contributed by atoms with van der Waals surface area (Å²) in [5.41, 5.74) is -0.940. The van der Waals surface area contributed by atoms with Crippen molar-refractivity contribution in [1.29, 1.82) is 0 Å². The van der Waals surface area contributed by atoms with Crippen LogP contribution in [0.5, 0.6) is 0 Å². The van der Waals surface area contributed by atoms with Crippen LogP contribution in [0.15, 0.2) is 54.6 Å². The Kier molecular flexibility index (Phi) is 4.56. The van der Waals surface area contributed by atoms with Crippen LogP contribution >= 0.6 is 0 Å². The molecular formula is C17H16FNO3. The summed E-state index contributed by atoms with van der Waals surface area (Å²) < 4.78 is 13.6. The van der Waals surface area contributed by atoms with E-state index in [1.807, 2.05) is 6.07 Å². The normalized spacial score (nSPS) is 13.2. The average Bonchev–Trinajstić information content (AvgIpc) is 2.48. The number of carboxylic acids is 1. The number of rotatable bonds is 5. The Morgan fingerprint density at radius 3 is 2.27 bits per heavy atom. The van der Waals surface area contributed by atoms with Gasteiger partial charge in [-0.05, 0) is 24.6 Å². The predicted molar refractivity (Wildman–Crippen MR) is 80.1 cm³/mol. The van der Waals surface area contributed by atoms with Gasteiger partial charge in [0.1, 0.15) is 11.4 Å². The molecule has 0 saturated heterocycles. The molecule has 0 spiro atoms. The fraction of sp³-hybridized carbons (Fsp3) is 0.176. The smallest absolute Gasteiger partial charge is 0.329 e. The Hall–Kier alpha value is -2.69. The maximum absolute atomic E-state index is 13.6. The van der Waals surface area contributed by atoms with Crippen molar-refractivity contribution in [2.75, 3.05) is 0 Å². The fourth-order valence-electron chi connectivity index (χ4n) is 2.14. The van der Waals surface area contributed by atoms with E-state index in [1.165, 1.54) is 25.1 Å². The molecule has 0 radical (unpaired) electrons. The zero-order valence-electron chi connectivity index (χ0n) is 12.0. The summed E-state index contributed by atoms with van der Waals surface area (Å²) in [6, 6.07) is 14.4. The van der Waals surface area contributed by atoms with E-state index < -0.39 is 23.2 Å². The largest absolute Gasteiger partial charge is 0.480 e. The van der Waals surface area contributed by atoms with Crippen LogP contribution in [0.25, 0.3) is 0 Å². The Morgan fingerprint density at radius 2 is 1.68 bits per heavy atom. The second kappa shape index (κ2) is 6.39. The quantitative estimate of drug-likeness (QED) is 0.892. The molecule has 22 heavy (non-hydrogen) atoms. The molecule has 4 nitrogen and oxygen atoms in total. The molecule has 2 aromatic carbocycles. The molecule has 5 heteroatoms. The molecule has 0 aliphatic heterocycles. The van der Waals surface area contributed by atoms with Crippen molar-refractivity contribution in [2.45, 2.75) is 18.9 Å². The first-order chi connectivity index (χ1) is 10.4. The Morgan fingerprint density at radius 1 is 1.09 bits per heavy atom. The molecule has 0 saturated carbocycles. The van der Waals surface area contributed by atoms with Gasteiger partial charge in [-0.2, -0.15) is 0 Å². The second-order valence-electron chi connectivity index (χ2n) is 5.23. The van der Waals surface area contributed by atoms with Crippen LogP contribution in [0.4, 0.5) is 4.39 Å². The molecule has 0 aliphatic carbocycles. The van der Waals surface area contributed by atoms with Gasteiger partial charge in [-0.3, -0.25) is 4.79 Å². The summed E-state index contributed by atoms with van der Waals surface area (Å²) in [7, 11) is 0. The number of halogens is 1. The summed E-state index contributed by atoms with van der Waals surface area (Å²) in [6.45, 7) is 1.40. The van der Waals surface area contributed by atoms with Gasteiger partial charge in [-0.1, -0.05) is 42.5 Å². The number of hydrogen-bond donors (Lipinski definition) is 2. The maximum Gasteiger partial charge on any atom is 0.329 e. The summed E-state index contributed by atoms with van der Waals surface area (Å²) in [6.07, 6.45) is 0.101. The highest BCUT2D eigenvalue weighted by atomic mass is 19.1. The molecule has 0 aromatic heterocycles. The van der Waals surface area contributed by atoms with Gasteiger partial charge >= 0.3 is 5.97 Å². The molecule has 0 aliphatic rings. The van der Waals surface area contributed by atoms with Crippen molar-refractivity contribution in [3.05, 3.63) is 71.5 Å². The number of amides is 1. The minimum atomic E-state index is -1.53. The molecule has 114 valence electrons. The zero-order valence-corrected chi connectivity index (χ0v) is 12.0. The number of carbonyl (C=O) groups excluding carboxylic acids is 1. The first-order valence-corrected chi connectivity index (χ1v) is 6.77. The lowest BCUT2D eigenvalue weighted by Crippen LogP contribution is -2.54. The highest BCUT2D eigenvalue weighted by molar-refractivity contribution is 5.98. The van der Waals surface area contributed by atoms with Gasteiger partial charge in [0.15, 0.2) is 0 Å². The average molecular weight is 301 g/mol. The molecule has 2 rings (SSSR count). The van der Waals surface area contributed by atoms with Crippen LogP contribution in [0.2, 0.25) is 0 Å². The van der Waals surface area contributed by atoms with Crippen LogP contribution in [0.1, 0.15) is 22.8 Å². The molecule has 0 bridgehead atoms. The fourth-order valence-corrected chi connectivity index (χ4v) is 2.14. The molecule has 0 heterocycles. The van der Waals surface area contributed by atoms with E-state index in [-0.39, 0.29) is 12.0 Å². The summed E-state index contributed by atoms with van der Waals surface area (Å²) in [5, 5.41) is 11.9. The van der Waals surface area contributed by atoms with E-state index in [0.29, 0.717) is 0 Å². The number of nitrogens with one attached hydrogen (secondary N) is 1. The SMILES string of the molecule is C[C@](Cc1ccccc1)(NC(=O)c1ccccc1F)C(=O)O. The molecular weight excluding hydrogens is 285 g/mol. The van der Waals surface area contributed by atoms with Gasteiger partial charge in [0.2, 0.25) is 0 Å². The number of carbonyl (C=O) groups is 2. The molecule has 2 aromatic rings. The van der Waals surface area contributed by atoms with E-state index in [2.05, 4.69) is 5.32 Å². The first-order valence-electron chi connectivity index (χ1n) is 6.77. The lowest BCUT2D eigenvalue weighted by molar-refractivity contribution is -0.143. The van der Waals surface area contributed by atoms with Crippen molar-refractivity contribution in [3.8, 4) is 0 Å². The minimum Gasteiger partial charge on any atom is -0.480 e. The monoisotopic (exact) mass is 301 g/mol. The number of aliphatic carboxylic acids is 1. The molecule has 1 amide bonds. The minimum absolute atomic E-state index is 0.101. The Balaban J connectivity index is 2.23. The lowest BCUT2D eigenvalue weighted by Gasteiger charge is -2.26. The van der Waals surface area contributed by atoms with Crippen LogP contribution in [-0.2, 0) is 11.2 Å². The Bertz CT molecular complexity index is 687. The third-order valence-electron chi connectivity index (χ3n) is 3.38. The van der Waals surface area contributed by atoms with Crippen molar-refractivity contribution < 1.29 is 19.1 Å². The summed E-state index contributed by atoms with van der Waals surface area (Å²) in [4.78, 5) is 23.7. The highest BCUT2D eigenvalue weighted by Gasteiger charge is 2.35.